The van der Waals surface area contributed by atoms with E-state index in [4.69, 9.17) is 20.4 Å². The number of aliphatic hydroxyl groups excluding tert-OH is 3. The van der Waals surface area contributed by atoms with Gasteiger partial charge in [-0.15, -0.1) is 0 Å². The molecule has 0 saturated heterocycles. The minimum atomic E-state index is -1.37. The van der Waals surface area contributed by atoms with Crippen LogP contribution in [0.4, 0.5) is 0 Å². The summed E-state index contributed by atoms with van der Waals surface area (Å²) >= 11 is 1.47. The lowest BCUT2D eigenvalue weighted by atomic mass is 10.0. The van der Waals surface area contributed by atoms with Crippen molar-refractivity contribution in [3.05, 3.63) is 0 Å². The summed E-state index contributed by atoms with van der Waals surface area (Å²) in [6, 6.07) is -0.983. The van der Waals surface area contributed by atoms with E-state index in [1.807, 2.05) is 6.26 Å². The van der Waals surface area contributed by atoms with Gasteiger partial charge in [-0.25, -0.2) is 4.79 Å². The van der Waals surface area contributed by atoms with Crippen molar-refractivity contribution < 1.29 is 30.0 Å². The molecule has 118 valence electrons. The summed E-state index contributed by atoms with van der Waals surface area (Å²) in [5.74, 6) is -1.11. The number of aliphatic carboxylic acids is 1. The summed E-state index contributed by atoms with van der Waals surface area (Å²) in [5, 5.41) is 41.0. The highest BCUT2D eigenvalue weighted by atomic mass is 32.2. The van der Waals surface area contributed by atoms with E-state index in [2.05, 4.69) is 10.6 Å². The molecular weight excluding hydrogens is 288 g/mol. The lowest BCUT2D eigenvalue weighted by Crippen LogP contribution is -2.58. The average molecular weight is 310 g/mol. The van der Waals surface area contributed by atoms with Gasteiger partial charge in [0, 0.05) is 0 Å². The molecule has 0 aromatic carbocycles. The molecule has 0 rings (SSSR count). The third kappa shape index (κ3) is 6.53. The number of rotatable bonds is 11. The summed E-state index contributed by atoms with van der Waals surface area (Å²) in [5.41, 5.74) is -1.37. The van der Waals surface area contributed by atoms with Crippen LogP contribution in [0, 0.1) is 0 Å². The predicted molar refractivity (Wildman–Crippen MR) is 74.6 cm³/mol. The van der Waals surface area contributed by atoms with Crippen LogP contribution in [0.5, 0.6) is 0 Å². The van der Waals surface area contributed by atoms with Crippen molar-refractivity contribution in [3.8, 4) is 0 Å². The molecule has 0 saturated carbocycles. The molecule has 0 radical (unpaired) electrons. The van der Waals surface area contributed by atoms with E-state index in [9.17, 15) is 9.59 Å². The largest absolute Gasteiger partial charge is 0.480 e. The standard InChI is InChI=1S/C11H22N2O6S/c1-20-3-2-8(10(18)19)13-9(17)4-12-11(5-14,6-15)7-16/h8,12,14-16H,2-7H2,1H3,(H,13,17)(H,18,19)/t8-/m0/s1. The topological polar surface area (TPSA) is 139 Å². The summed E-state index contributed by atoms with van der Waals surface area (Å²) in [6.07, 6.45) is 2.13. The third-order valence-electron chi connectivity index (χ3n) is 2.78. The molecule has 0 fully saturated rings. The SMILES string of the molecule is CSCC[C@H](NC(=O)CNC(CO)(CO)CO)C(=O)O. The second kappa shape index (κ2) is 9.94. The highest BCUT2D eigenvalue weighted by Gasteiger charge is 2.28. The maximum absolute atomic E-state index is 11.6. The van der Waals surface area contributed by atoms with Crippen molar-refractivity contribution in [1.29, 1.82) is 0 Å². The Morgan fingerprint density at radius 3 is 2.15 bits per heavy atom. The molecule has 0 spiro atoms. The molecule has 0 aliphatic rings. The Morgan fingerprint density at radius 1 is 1.20 bits per heavy atom. The normalized spacial score (nSPS) is 13.0. The Morgan fingerprint density at radius 2 is 1.75 bits per heavy atom. The predicted octanol–water partition coefficient (Wildman–Crippen LogP) is -2.39. The first-order chi connectivity index (χ1) is 9.44. The summed E-state index contributed by atoms with van der Waals surface area (Å²) in [6.45, 7) is -1.98. The molecule has 9 heteroatoms. The first kappa shape index (κ1) is 19.1. The minimum absolute atomic E-state index is 0.299. The first-order valence-corrected chi connectivity index (χ1v) is 7.42. The maximum atomic E-state index is 11.6. The van der Waals surface area contributed by atoms with Crippen LogP contribution in [0.1, 0.15) is 6.42 Å². The Bertz CT molecular complexity index is 303. The van der Waals surface area contributed by atoms with Crippen LogP contribution in [0.15, 0.2) is 0 Å². The van der Waals surface area contributed by atoms with Crippen molar-refractivity contribution in [3.63, 3.8) is 0 Å². The van der Waals surface area contributed by atoms with E-state index in [0.29, 0.717) is 12.2 Å². The molecule has 1 amide bonds. The minimum Gasteiger partial charge on any atom is -0.480 e. The number of hydrogen-bond donors (Lipinski definition) is 6. The van der Waals surface area contributed by atoms with Gasteiger partial charge in [-0.2, -0.15) is 11.8 Å². The Balaban J connectivity index is 4.35. The van der Waals surface area contributed by atoms with Gasteiger partial charge in [-0.3, -0.25) is 10.1 Å². The van der Waals surface area contributed by atoms with Gasteiger partial charge in [0.25, 0.3) is 0 Å². The van der Waals surface area contributed by atoms with Gasteiger partial charge in [-0.05, 0) is 18.4 Å². The average Bonchev–Trinajstić information content (AvgIpc) is 2.45. The van der Waals surface area contributed by atoms with Crippen LogP contribution in [0.3, 0.4) is 0 Å². The van der Waals surface area contributed by atoms with Gasteiger partial charge in [0.05, 0.1) is 31.9 Å². The number of hydrogen-bond acceptors (Lipinski definition) is 7. The second-order valence-corrected chi connectivity index (χ2v) is 5.33. The number of carboxylic acids is 1. The second-order valence-electron chi connectivity index (χ2n) is 4.35. The number of nitrogens with one attached hydrogen (secondary N) is 2. The van der Waals surface area contributed by atoms with Crippen LogP contribution >= 0.6 is 11.8 Å². The van der Waals surface area contributed by atoms with E-state index in [0.717, 1.165) is 0 Å². The van der Waals surface area contributed by atoms with Gasteiger partial charge in [-0.1, -0.05) is 0 Å². The molecule has 0 unspecified atom stereocenters. The third-order valence-corrected chi connectivity index (χ3v) is 3.42. The van der Waals surface area contributed by atoms with Crippen molar-refractivity contribution in [1.82, 2.24) is 10.6 Å². The summed E-state index contributed by atoms with van der Waals surface area (Å²) in [4.78, 5) is 22.6. The van der Waals surface area contributed by atoms with Crippen molar-refractivity contribution in [2.45, 2.75) is 18.0 Å². The number of carbonyl (C=O) groups is 2. The van der Waals surface area contributed by atoms with Crippen LogP contribution in [-0.2, 0) is 9.59 Å². The molecule has 20 heavy (non-hydrogen) atoms. The van der Waals surface area contributed by atoms with Crippen molar-refractivity contribution >= 4 is 23.6 Å². The number of aliphatic hydroxyl groups is 3. The molecule has 6 N–H and O–H groups in total. The molecule has 0 aliphatic heterocycles. The van der Waals surface area contributed by atoms with Crippen LogP contribution in [0.2, 0.25) is 0 Å². The molecule has 8 nitrogen and oxygen atoms in total. The van der Waals surface area contributed by atoms with Crippen molar-refractivity contribution in [2.75, 3.05) is 38.4 Å². The zero-order valence-corrected chi connectivity index (χ0v) is 12.2. The number of carboxylic acid groups (broad SMARTS) is 1. The zero-order chi connectivity index (χ0) is 15.6. The molecular formula is C11H22N2O6S. The highest BCUT2D eigenvalue weighted by Crippen LogP contribution is 2.02. The van der Waals surface area contributed by atoms with Gasteiger partial charge in [0.2, 0.25) is 5.91 Å². The van der Waals surface area contributed by atoms with E-state index in [1.165, 1.54) is 11.8 Å². The fourth-order valence-corrected chi connectivity index (χ4v) is 1.80. The van der Waals surface area contributed by atoms with E-state index in [1.54, 1.807) is 0 Å². The van der Waals surface area contributed by atoms with Gasteiger partial charge >= 0.3 is 5.97 Å². The zero-order valence-electron chi connectivity index (χ0n) is 11.3. The van der Waals surface area contributed by atoms with E-state index >= 15 is 0 Å². The molecule has 0 heterocycles. The van der Waals surface area contributed by atoms with Crippen LogP contribution in [-0.4, -0.2) is 82.3 Å². The lowest BCUT2D eigenvalue weighted by Gasteiger charge is -2.28. The van der Waals surface area contributed by atoms with Crippen LogP contribution < -0.4 is 10.6 Å². The van der Waals surface area contributed by atoms with Gasteiger partial charge in [0.1, 0.15) is 6.04 Å². The Kier molecular flexibility index (Phi) is 9.51. The van der Waals surface area contributed by atoms with E-state index in [-0.39, 0.29) is 6.54 Å². The van der Waals surface area contributed by atoms with E-state index < -0.39 is 43.3 Å². The highest BCUT2D eigenvalue weighted by molar-refractivity contribution is 7.98. The monoisotopic (exact) mass is 310 g/mol. The first-order valence-electron chi connectivity index (χ1n) is 6.03. The maximum Gasteiger partial charge on any atom is 0.326 e. The number of thioether (sulfide) groups is 1. The Hall–Kier alpha value is -0.870. The Labute approximate surface area is 121 Å². The van der Waals surface area contributed by atoms with Gasteiger partial charge in [0.15, 0.2) is 0 Å². The van der Waals surface area contributed by atoms with Crippen LogP contribution in [0.25, 0.3) is 0 Å². The molecule has 0 bridgehead atoms. The lowest BCUT2D eigenvalue weighted by molar-refractivity contribution is -0.141. The summed E-state index contributed by atoms with van der Waals surface area (Å²) < 4.78 is 0. The molecule has 0 aliphatic carbocycles. The van der Waals surface area contributed by atoms with Gasteiger partial charge < -0.3 is 25.7 Å². The van der Waals surface area contributed by atoms with Crippen molar-refractivity contribution in [2.24, 2.45) is 0 Å². The fourth-order valence-electron chi connectivity index (χ4n) is 1.32. The fraction of sp³-hybridized carbons (Fsp3) is 0.818. The molecule has 1 atom stereocenters. The quantitative estimate of drug-likeness (QED) is 0.249. The smallest absolute Gasteiger partial charge is 0.326 e. The number of amides is 1. The number of carbonyl (C=O) groups excluding carboxylic acids is 1. The molecule has 0 aromatic rings. The molecule has 0 aromatic heterocycles. The summed E-state index contributed by atoms with van der Waals surface area (Å²) in [7, 11) is 0.